The van der Waals surface area contributed by atoms with Crippen molar-refractivity contribution in [3.63, 3.8) is 0 Å². The standard InChI is InChI=1S/C11H8N4/c12-6-10-14-7-9(13)11(15-10)8-4-2-1-3-5-8/h1-5,7H,13H2. The fourth-order valence-electron chi connectivity index (χ4n) is 1.27. The van der Waals surface area contributed by atoms with Crippen molar-refractivity contribution in [1.82, 2.24) is 9.97 Å². The van der Waals surface area contributed by atoms with Gasteiger partial charge in [0.1, 0.15) is 6.07 Å². The second-order valence-corrected chi connectivity index (χ2v) is 2.98. The van der Waals surface area contributed by atoms with Crippen molar-refractivity contribution in [2.75, 3.05) is 5.73 Å². The van der Waals surface area contributed by atoms with Gasteiger partial charge in [-0.15, -0.1) is 0 Å². The van der Waals surface area contributed by atoms with E-state index in [4.69, 9.17) is 11.0 Å². The summed E-state index contributed by atoms with van der Waals surface area (Å²) in [5, 5.41) is 8.68. The van der Waals surface area contributed by atoms with Crippen molar-refractivity contribution in [2.45, 2.75) is 0 Å². The first kappa shape index (κ1) is 9.16. The third kappa shape index (κ3) is 1.76. The molecule has 0 radical (unpaired) electrons. The highest BCUT2D eigenvalue weighted by Crippen LogP contribution is 2.21. The molecule has 1 aromatic carbocycles. The maximum Gasteiger partial charge on any atom is 0.232 e. The molecule has 15 heavy (non-hydrogen) atoms. The fourth-order valence-corrected chi connectivity index (χ4v) is 1.27. The molecule has 0 amide bonds. The zero-order valence-corrected chi connectivity index (χ0v) is 7.88. The van der Waals surface area contributed by atoms with Crippen LogP contribution in [0.25, 0.3) is 11.3 Å². The van der Waals surface area contributed by atoms with Gasteiger partial charge in [0.25, 0.3) is 0 Å². The second kappa shape index (κ2) is 3.76. The summed E-state index contributed by atoms with van der Waals surface area (Å²) in [6, 6.07) is 11.4. The Bertz CT molecular complexity index is 514. The normalized spacial score (nSPS) is 9.53. The van der Waals surface area contributed by atoms with Gasteiger partial charge in [0.05, 0.1) is 17.6 Å². The molecule has 2 N–H and O–H groups in total. The molecule has 0 atom stereocenters. The van der Waals surface area contributed by atoms with Crippen LogP contribution >= 0.6 is 0 Å². The van der Waals surface area contributed by atoms with Crippen molar-refractivity contribution in [3.05, 3.63) is 42.4 Å². The van der Waals surface area contributed by atoms with E-state index in [0.29, 0.717) is 11.4 Å². The van der Waals surface area contributed by atoms with Gasteiger partial charge in [-0.05, 0) is 0 Å². The summed E-state index contributed by atoms with van der Waals surface area (Å²) in [6.45, 7) is 0. The molecule has 0 fully saturated rings. The first-order valence-corrected chi connectivity index (χ1v) is 4.39. The monoisotopic (exact) mass is 196 g/mol. The van der Waals surface area contributed by atoms with Crippen LogP contribution in [-0.2, 0) is 0 Å². The van der Waals surface area contributed by atoms with Crippen LogP contribution in [0, 0.1) is 11.3 Å². The van der Waals surface area contributed by atoms with E-state index in [2.05, 4.69) is 9.97 Å². The molecule has 72 valence electrons. The van der Waals surface area contributed by atoms with Gasteiger partial charge in [-0.25, -0.2) is 9.97 Å². The van der Waals surface area contributed by atoms with Gasteiger partial charge in [-0.3, -0.25) is 0 Å². The first-order valence-electron chi connectivity index (χ1n) is 4.39. The van der Waals surface area contributed by atoms with E-state index in [-0.39, 0.29) is 5.82 Å². The third-order valence-corrected chi connectivity index (χ3v) is 1.96. The number of hydrogen-bond acceptors (Lipinski definition) is 4. The second-order valence-electron chi connectivity index (χ2n) is 2.98. The molecule has 0 unspecified atom stereocenters. The molecule has 1 aromatic heterocycles. The summed E-state index contributed by atoms with van der Waals surface area (Å²) in [4.78, 5) is 7.85. The molecule has 0 spiro atoms. The molecule has 2 aromatic rings. The highest BCUT2D eigenvalue weighted by molar-refractivity contribution is 5.71. The smallest absolute Gasteiger partial charge is 0.232 e. The average Bonchev–Trinajstić information content (AvgIpc) is 2.31. The van der Waals surface area contributed by atoms with Crippen molar-refractivity contribution in [1.29, 1.82) is 5.26 Å². The van der Waals surface area contributed by atoms with Crippen molar-refractivity contribution >= 4 is 5.69 Å². The minimum atomic E-state index is 0.128. The zero-order chi connectivity index (χ0) is 10.7. The lowest BCUT2D eigenvalue weighted by Crippen LogP contribution is -1.98. The van der Waals surface area contributed by atoms with Gasteiger partial charge in [0, 0.05) is 5.56 Å². The molecule has 1 heterocycles. The molecular formula is C11H8N4. The SMILES string of the molecule is N#Cc1ncc(N)c(-c2ccccc2)n1. The predicted molar refractivity (Wildman–Crippen MR) is 56.6 cm³/mol. The maximum atomic E-state index is 8.68. The summed E-state index contributed by atoms with van der Waals surface area (Å²) in [5.41, 5.74) is 7.70. The molecule has 4 nitrogen and oxygen atoms in total. The molecule has 0 aliphatic heterocycles. The molecule has 0 aliphatic rings. The summed E-state index contributed by atoms with van der Waals surface area (Å²) in [5.74, 6) is 0.128. The van der Waals surface area contributed by atoms with Crippen LogP contribution in [0.5, 0.6) is 0 Å². The van der Waals surface area contributed by atoms with E-state index >= 15 is 0 Å². The Morgan fingerprint density at radius 3 is 2.60 bits per heavy atom. The number of nitrogen functional groups attached to an aromatic ring is 1. The van der Waals surface area contributed by atoms with Gasteiger partial charge >= 0.3 is 0 Å². The van der Waals surface area contributed by atoms with Crippen LogP contribution in [0.15, 0.2) is 36.5 Å². The molecule has 4 heteroatoms. The number of rotatable bonds is 1. The molecule has 0 bridgehead atoms. The summed E-state index contributed by atoms with van der Waals surface area (Å²) < 4.78 is 0. The van der Waals surface area contributed by atoms with E-state index in [1.165, 1.54) is 6.20 Å². The Morgan fingerprint density at radius 1 is 1.20 bits per heavy atom. The van der Waals surface area contributed by atoms with Gasteiger partial charge in [-0.2, -0.15) is 5.26 Å². The van der Waals surface area contributed by atoms with Crippen molar-refractivity contribution < 1.29 is 0 Å². The van der Waals surface area contributed by atoms with Crippen LogP contribution in [0.3, 0.4) is 0 Å². The van der Waals surface area contributed by atoms with Gasteiger partial charge < -0.3 is 5.73 Å². The lowest BCUT2D eigenvalue weighted by molar-refractivity contribution is 1.12. The molecular weight excluding hydrogens is 188 g/mol. The fraction of sp³-hybridized carbons (Fsp3) is 0. The molecule has 0 saturated heterocycles. The quantitative estimate of drug-likeness (QED) is 0.751. The van der Waals surface area contributed by atoms with Crippen LogP contribution in [0.1, 0.15) is 5.82 Å². The van der Waals surface area contributed by atoms with Gasteiger partial charge in [0.15, 0.2) is 0 Å². The van der Waals surface area contributed by atoms with Crippen LogP contribution in [-0.4, -0.2) is 9.97 Å². The van der Waals surface area contributed by atoms with Gasteiger partial charge in [0.2, 0.25) is 5.82 Å². The van der Waals surface area contributed by atoms with E-state index in [0.717, 1.165) is 5.56 Å². The van der Waals surface area contributed by atoms with Crippen molar-refractivity contribution in [3.8, 4) is 17.3 Å². The number of anilines is 1. The average molecular weight is 196 g/mol. The Morgan fingerprint density at radius 2 is 1.93 bits per heavy atom. The Labute approximate surface area is 87.0 Å². The predicted octanol–water partition coefficient (Wildman–Crippen LogP) is 1.60. The first-order chi connectivity index (χ1) is 7.31. The van der Waals surface area contributed by atoms with Crippen LogP contribution in [0.2, 0.25) is 0 Å². The highest BCUT2D eigenvalue weighted by Gasteiger charge is 2.05. The van der Waals surface area contributed by atoms with Crippen molar-refractivity contribution in [2.24, 2.45) is 0 Å². The minimum Gasteiger partial charge on any atom is -0.396 e. The summed E-state index contributed by atoms with van der Waals surface area (Å²) >= 11 is 0. The number of nitrogens with zero attached hydrogens (tertiary/aromatic N) is 3. The summed E-state index contributed by atoms with van der Waals surface area (Å²) in [7, 11) is 0. The zero-order valence-electron chi connectivity index (χ0n) is 7.88. The lowest BCUT2D eigenvalue weighted by atomic mass is 10.1. The van der Waals surface area contributed by atoms with E-state index in [1.807, 2.05) is 36.4 Å². The number of aromatic nitrogens is 2. The Balaban J connectivity index is 2.58. The highest BCUT2D eigenvalue weighted by atomic mass is 14.9. The number of benzene rings is 1. The molecule has 0 saturated carbocycles. The van der Waals surface area contributed by atoms with E-state index < -0.39 is 0 Å². The minimum absolute atomic E-state index is 0.128. The van der Waals surface area contributed by atoms with Crippen LogP contribution in [0.4, 0.5) is 5.69 Å². The summed E-state index contributed by atoms with van der Waals surface area (Å²) in [6.07, 6.45) is 1.45. The number of hydrogen-bond donors (Lipinski definition) is 1. The lowest BCUT2D eigenvalue weighted by Gasteiger charge is -2.03. The van der Waals surface area contributed by atoms with Gasteiger partial charge in [-0.1, -0.05) is 30.3 Å². The molecule has 0 aliphatic carbocycles. The van der Waals surface area contributed by atoms with Crippen LogP contribution < -0.4 is 5.73 Å². The van der Waals surface area contributed by atoms with E-state index in [1.54, 1.807) is 0 Å². The van der Waals surface area contributed by atoms with E-state index in [9.17, 15) is 0 Å². The number of nitriles is 1. The number of nitrogens with two attached hydrogens (primary N) is 1. The largest absolute Gasteiger partial charge is 0.396 e. The Kier molecular flexibility index (Phi) is 2.30. The Hall–Kier alpha value is -2.41. The molecule has 2 rings (SSSR count). The topological polar surface area (TPSA) is 75.6 Å². The third-order valence-electron chi connectivity index (χ3n) is 1.96. The maximum absolute atomic E-state index is 8.68.